The minimum Gasteiger partial charge on any atom is -0.294 e. The molecule has 92 valence electrons. The van der Waals surface area contributed by atoms with Crippen LogP contribution in [0.4, 0.5) is 4.39 Å². The molecule has 18 heavy (non-hydrogen) atoms. The van der Waals surface area contributed by atoms with Crippen molar-refractivity contribution in [1.82, 2.24) is 0 Å². The van der Waals surface area contributed by atoms with Crippen LogP contribution in [0.1, 0.15) is 21.5 Å². The summed E-state index contributed by atoms with van der Waals surface area (Å²) in [5.41, 5.74) is 2.06. The molecule has 0 aromatic heterocycles. The molecule has 0 amide bonds. The topological polar surface area (TPSA) is 17.1 Å². The Kier molecular flexibility index (Phi) is 3.78. The Hall–Kier alpha value is -1.67. The fourth-order valence-corrected chi connectivity index (χ4v) is 2.08. The molecule has 0 aliphatic heterocycles. The average molecular weight is 263 g/mol. The fourth-order valence-electron chi connectivity index (χ4n) is 1.87. The highest BCUT2D eigenvalue weighted by atomic mass is 35.5. The van der Waals surface area contributed by atoms with Gasteiger partial charge in [-0.15, -0.1) is 0 Å². The Balaban J connectivity index is 2.22. The van der Waals surface area contributed by atoms with Crippen LogP contribution in [0.5, 0.6) is 0 Å². The molecule has 0 saturated heterocycles. The Morgan fingerprint density at radius 1 is 1.22 bits per heavy atom. The van der Waals surface area contributed by atoms with Crippen LogP contribution in [0.15, 0.2) is 42.5 Å². The Labute approximate surface area is 110 Å². The second kappa shape index (κ2) is 5.32. The first kappa shape index (κ1) is 12.8. The molecule has 2 rings (SSSR count). The predicted molar refractivity (Wildman–Crippen MR) is 70.6 cm³/mol. The third-order valence-electron chi connectivity index (χ3n) is 2.74. The third-order valence-corrected chi connectivity index (χ3v) is 2.98. The number of rotatable bonds is 3. The fraction of sp³-hybridized carbons (Fsp3) is 0.133. The standard InChI is InChI=1S/C15H12ClFO/c1-10-7-13(17)5-6-14(10)15(18)9-11-3-2-4-12(16)8-11/h2-8H,9H2,1H3. The van der Waals surface area contributed by atoms with Gasteiger partial charge >= 0.3 is 0 Å². The summed E-state index contributed by atoms with van der Waals surface area (Å²) in [7, 11) is 0. The molecule has 0 atom stereocenters. The molecule has 2 aromatic rings. The van der Waals surface area contributed by atoms with E-state index in [0.717, 1.165) is 5.56 Å². The maximum atomic E-state index is 13.0. The lowest BCUT2D eigenvalue weighted by Gasteiger charge is -2.05. The number of hydrogen-bond acceptors (Lipinski definition) is 1. The lowest BCUT2D eigenvalue weighted by atomic mass is 9.99. The van der Waals surface area contributed by atoms with Crippen LogP contribution < -0.4 is 0 Å². The van der Waals surface area contributed by atoms with E-state index in [1.54, 1.807) is 19.1 Å². The van der Waals surface area contributed by atoms with Gasteiger partial charge in [0, 0.05) is 17.0 Å². The van der Waals surface area contributed by atoms with E-state index >= 15 is 0 Å². The number of ketones is 1. The van der Waals surface area contributed by atoms with E-state index in [1.807, 2.05) is 12.1 Å². The monoisotopic (exact) mass is 262 g/mol. The number of halogens is 2. The van der Waals surface area contributed by atoms with Gasteiger partial charge in [-0.3, -0.25) is 4.79 Å². The zero-order valence-electron chi connectivity index (χ0n) is 9.91. The summed E-state index contributed by atoms with van der Waals surface area (Å²) in [6, 6.07) is 11.4. The van der Waals surface area contributed by atoms with Crippen molar-refractivity contribution in [2.24, 2.45) is 0 Å². The zero-order valence-corrected chi connectivity index (χ0v) is 10.7. The van der Waals surface area contributed by atoms with E-state index in [4.69, 9.17) is 11.6 Å². The molecule has 0 N–H and O–H groups in total. The number of Topliss-reactive ketones (excluding diaryl/α,β-unsaturated/α-hetero) is 1. The summed E-state index contributed by atoms with van der Waals surface area (Å²) >= 11 is 5.87. The summed E-state index contributed by atoms with van der Waals surface area (Å²) in [5, 5.41) is 0.608. The third kappa shape index (κ3) is 2.96. The molecule has 0 radical (unpaired) electrons. The summed E-state index contributed by atoms with van der Waals surface area (Å²) < 4.78 is 13.0. The molecule has 1 nitrogen and oxygen atoms in total. The number of aryl methyl sites for hydroxylation is 1. The Morgan fingerprint density at radius 3 is 2.67 bits per heavy atom. The Morgan fingerprint density at radius 2 is 2.00 bits per heavy atom. The molecule has 2 aromatic carbocycles. The quantitative estimate of drug-likeness (QED) is 0.757. The van der Waals surface area contributed by atoms with Gasteiger partial charge in [-0.25, -0.2) is 4.39 Å². The molecule has 0 spiro atoms. The first-order chi connectivity index (χ1) is 8.56. The van der Waals surface area contributed by atoms with Gasteiger partial charge < -0.3 is 0 Å². The van der Waals surface area contributed by atoms with Crippen LogP contribution in [0.3, 0.4) is 0 Å². The molecule has 0 heterocycles. The zero-order chi connectivity index (χ0) is 13.1. The summed E-state index contributed by atoms with van der Waals surface area (Å²) in [5.74, 6) is -0.360. The maximum Gasteiger partial charge on any atom is 0.167 e. The number of carbonyl (C=O) groups excluding carboxylic acids is 1. The van der Waals surface area contributed by atoms with Crippen molar-refractivity contribution in [2.75, 3.05) is 0 Å². The highest BCUT2D eigenvalue weighted by Crippen LogP contribution is 2.16. The summed E-state index contributed by atoms with van der Waals surface area (Å²) in [6.07, 6.45) is 0.271. The van der Waals surface area contributed by atoms with Crippen molar-refractivity contribution in [2.45, 2.75) is 13.3 Å². The normalized spacial score (nSPS) is 10.4. The SMILES string of the molecule is Cc1cc(F)ccc1C(=O)Cc1cccc(Cl)c1. The van der Waals surface area contributed by atoms with Gasteiger partial charge in [0.1, 0.15) is 5.82 Å². The first-order valence-corrected chi connectivity index (χ1v) is 5.98. The predicted octanol–water partition coefficient (Wildman–Crippen LogP) is 4.21. The molecule has 0 aliphatic rings. The van der Waals surface area contributed by atoms with Gasteiger partial charge in [-0.1, -0.05) is 23.7 Å². The molecule has 0 aliphatic carbocycles. The molecule has 0 saturated carbocycles. The van der Waals surface area contributed by atoms with Gasteiger partial charge in [0.25, 0.3) is 0 Å². The van der Waals surface area contributed by atoms with E-state index in [1.165, 1.54) is 18.2 Å². The minimum absolute atomic E-state index is 0.0326. The number of hydrogen-bond donors (Lipinski definition) is 0. The van der Waals surface area contributed by atoms with E-state index in [2.05, 4.69) is 0 Å². The molecular weight excluding hydrogens is 251 g/mol. The van der Waals surface area contributed by atoms with Gasteiger partial charge in [0.2, 0.25) is 0 Å². The largest absolute Gasteiger partial charge is 0.294 e. The van der Waals surface area contributed by atoms with Crippen molar-refractivity contribution in [3.8, 4) is 0 Å². The lowest BCUT2D eigenvalue weighted by Crippen LogP contribution is -2.05. The second-order valence-corrected chi connectivity index (χ2v) is 4.63. The van der Waals surface area contributed by atoms with Gasteiger partial charge in [0.05, 0.1) is 0 Å². The van der Waals surface area contributed by atoms with Crippen LogP contribution in [-0.2, 0) is 6.42 Å². The maximum absolute atomic E-state index is 13.0. The van der Waals surface area contributed by atoms with Gasteiger partial charge in [-0.05, 0) is 48.4 Å². The van der Waals surface area contributed by atoms with Crippen LogP contribution in [0, 0.1) is 12.7 Å². The van der Waals surface area contributed by atoms with Crippen molar-refractivity contribution in [1.29, 1.82) is 0 Å². The summed E-state index contributed by atoms with van der Waals surface area (Å²) in [4.78, 5) is 12.1. The van der Waals surface area contributed by atoms with E-state index in [-0.39, 0.29) is 18.0 Å². The average Bonchev–Trinajstić information content (AvgIpc) is 2.28. The lowest BCUT2D eigenvalue weighted by molar-refractivity contribution is 0.0992. The summed E-state index contributed by atoms with van der Waals surface area (Å²) in [6.45, 7) is 1.73. The van der Waals surface area contributed by atoms with Crippen molar-refractivity contribution in [3.63, 3.8) is 0 Å². The molecule has 0 fully saturated rings. The highest BCUT2D eigenvalue weighted by Gasteiger charge is 2.10. The van der Waals surface area contributed by atoms with Crippen LogP contribution in [0.25, 0.3) is 0 Å². The van der Waals surface area contributed by atoms with Crippen LogP contribution in [0.2, 0.25) is 5.02 Å². The molecule has 0 unspecified atom stereocenters. The Bertz CT molecular complexity index is 593. The van der Waals surface area contributed by atoms with Crippen LogP contribution >= 0.6 is 11.6 Å². The van der Waals surface area contributed by atoms with E-state index in [0.29, 0.717) is 16.1 Å². The first-order valence-electron chi connectivity index (χ1n) is 5.60. The molecule has 3 heteroatoms. The number of benzene rings is 2. The van der Waals surface area contributed by atoms with Gasteiger partial charge in [0.15, 0.2) is 5.78 Å². The van der Waals surface area contributed by atoms with Crippen molar-refractivity contribution in [3.05, 3.63) is 70.0 Å². The van der Waals surface area contributed by atoms with Crippen molar-refractivity contribution < 1.29 is 9.18 Å². The van der Waals surface area contributed by atoms with E-state index in [9.17, 15) is 9.18 Å². The minimum atomic E-state index is -0.327. The van der Waals surface area contributed by atoms with E-state index < -0.39 is 0 Å². The highest BCUT2D eigenvalue weighted by molar-refractivity contribution is 6.30. The van der Waals surface area contributed by atoms with Crippen LogP contribution in [-0.4, -0.2) is 5.78 Å². The molecular formula is C15H12ClFO. The smallest absolute Gasteiger partial charge is 0.167 e. The van der Waals surface area contributed by atoms with Gasteiger partial charge in [-0.2, -0.15) is 0 Å². The molecule has 0 bridgehead atoms. The number of carbonyl (C=O) groups is 1. The second-order valence-electron chi connectivity index (χ2n) is 4.19. The van der Waals surface area contributed by atoms with Crippen molar-refractivity contribution >= 4 is 17.4 Å².